The lowest BCUT2D eigenvalue weighted by Gasteiger charge is -2.36. The molecule has 3 aromatic rings. The molecule has 0 amide bonds. The third kappa shape index (κ3) is 3.83. The Morgan fingerprint density at radius 1 is 0.750 bits per heavy atom. The van der Waals surface area contributed by atoms with E-state index in [0.717, 1.165) is 22.6 Å². The summed E-state index contributed by atoms with van der Waals surface area (Å²) in [7, 11) is 0. The molecule has 4 nitrogen and oxygen atoms in total. The minimum absolute atomic E-state index is 0.537. The summed E-state index contributed by atoms with van der Waals surface area (Å²) in [4.78, 5) is 0. The zero-order valence-corrected chi connectivity index (χ0v) is 15.4. The van der Waals surface area contributed by atoms with Crippen molar-refractivity contribution in [2.75, 3.05) is 0 Å². The second kappa shape index (κ2) is 7.72. The molecule has 0 aliphatic heterocycles. The number of rotatable bonds is 5. The minimum Gasteiger partial charge on any atom is -0.467 e. The Morgan fingerprint density at radius 3 is 2.11 bits per heavy atom. The lowest BCUT2D eigenvalue weighted by atomic mass is 9.87. The van der Waals surface area contributed by atoms with Gasteiger partial charge in [-0.3, -0.25) is 5.73 Å². The van der Waals surface area contributed by atoms with Gasteiger partial charge in [0, 0.05) is 0 Å². The number of hydrogen-bond donors (Lipinski definition) is 2. The number of benzene rings is 3. The van der Waals surface area contributed by atoms with Crippen LogP contribution in [0.3, 0.4) is 0 Å². The van der Waals surface area contributed by atoms with Crippen molar-refractivity contribution in [1.29, 1.82) is 0 Å². The van der Waals surface area contributed by atoms with Gasteiger partial charge in [0.05, 0.1) is 6.04 Å². The van der Waals surface area contributed by atoms with E-state index in [1.165, 1.54) is 0 Å². The largest absolute Gasteiger partial charge is 0.467 e. The topological polar surface area (TPSA) is 70.5 Å². The van der Waals surface area contributed by atoms with Gasteiger partial charge >= 0.3 is 0 Å². The van der Waals surface area contributed by atoms with Crippen LogP contribution in [0.25, 0.3) is 5.57 Å². The first-order valence-electron chi connectivity index (χ1n) is 9.15. The molecule has 4 N–H and O–H groups in total. The normalized spacial score (nSPS) is 21.1. The summed E-state index contributed by atoms with van der Waals surface area (Å²) in [5, 5.41) is 0. The second-order valence-electron chi connectivity index (χ2n) is 6.67. The molecule has 1 aliphatic carbocycles. The second-order valence-corrected chi connectivity index (χ2v) is 6.67. The monoisotopic (exact) mass is 370 g/mol. The molecule has 4 heteroatoms. The van der Waals surface area contributed by atoms with Gasteiger partial charge in [0.1, 0.15) is 17.2 Å². The lowest BCUT2D eigenvalue weighted by molar-refractivity contribution is 0.115. The van der Waals surface area contributed by atoms with E-state index < -0.39 is 11.8 Å². The smallest absolute Gasteiger partial charge is 0.197 e. The summed E-state index contributed by atoms with van der Waals surface area (Å²) < 4.78 is 12.0. The van der Waals surface area contributed by atoms with Crippen LogP contribution in [-0.2, 0) is 0 Å². The molecule has 0 bridgehead atoms. The first kappa shape index (κ1) is 18.0. The fourth-order valence-corrected chi connectivity index (χ4v) is 3.18. The van der Waals surface area contributed by atoms with Crippen molar-refractivity contribution >= 4 is 5.57 Å². The van der Waals surface area contributed by atoms with Crippen LogP contribution in [0.4, 0.5) is 0 Å². The van der Waals surface area contributed by atoms with Crippen molar-refractivity contribution in [1.82, 2.24) is 0 Å². The van der Waals surface area contributed by atoms with Gasteiger partial charge in [-0.05, 0) is 53.6 Å². The standard InChI is InChI=1S/C24H22N2O2/c25-23-22(15-8-16-24(23,26)28-20-12-5-2-6-13-20)18-9-7-14-21(17-18)27-19-10-3-1-4-11-19/h1-17,23H,25-26H2. The van der Waals surface area contributed by atoms with Crippen molar-refractivity contribution < 1.29 is 9.47 Å². The Bertz CT molecular complexity index is 999. The van der Waals surface area contributed by atoms with Gasteiger partial charge in [0.15, 0.2) is 5.72 Å². The van der Waals surface area contributed by atoms with Crippen LogP contribution in [0.2, 0.25) is 0 Å². The highest BCUT2D eigenvalue weighted by molar-refractivity contribution is 5.75. The van der Waals surface area contributed by atoms with Gasteiger partial charge in [-0.2, -0.15) is 0 Å². The Balaban J connectivity index is 1.58. The van der Waals surface area contributed by atoms with Gasteiger partial charge in [0.25, 0.3) is 0 Å². The van der Waals surface area contributed by atoms with Crippen LogP contribution in [0.1, 0.15) is 5.56 Å². The van der Waals surface area contributed by atoms with E-state index in [-0.39, 0.29) is 0 Å². The van der Waals surface area contributed by atoms with Gasteiger partial charge in [-0.15, -0.1) is 0 Å². The summed E-state index contributed by atoms with van der Waals surface area (Å²) in [5.41, 5.74) is 13.7. The first-order valence-corrected chi connectivity index (χ1v) is 9.15. The van der Waals surface area contributed by atoms with Gasteiger partial charge in [0.2, 0.25) is 0 Å². The van der Waals surface area contributed by atoms with Crippen molar-refractivity contribution in [3.8, 4) is 17.2 Å². The Hall–Kier alpha value is -3.34. The van der Waals surface area contributed by atoms with E-state index in [1.54, 1.807) is 6.08 Å². The molecule has 140 valence electrons. The summed E-state index contributed by atoms with van der Waals surface area (Å²) >= 11 is 0. The average Bonchev–Trinajstić information content (AvgIpc) is 2.72. The van der Waals surface area contributed by atoms with Crippen LogP contribution < -0.4 is 20.9 Å². The number of nitrogens with two attached hydrogens (primary N) is 2. The van der Waals surface area contributed by atoms with Crippen molar-refractivity contribution in [2.45, 2.75) is 11.8 Å². The Labute approximate surface area is 164 Å². The Morgan fingerprint density at radius 2 is 1.39 bits per heavy atom. The van der Waals surface area contributed by atoms with E-state index in [0.29, 0.717) is 5.75 Å². The number of allylic oxidation sites excluding steroid dienone is 2. The molecule has 0 spiro atoms. The highest BCUT2D eigenvalue weighted by Crippen LogP contribution is 2.32. The molecule has 3 aromatic carbocycles. The van der Waals surface area contributed by atoms with E-state index in [4.69, 9.17) is 20.9 Å². The summed E-state index contributed by atoms with van der Waals surface area (Å²) in [6, 6.07) is 26.4. The maximum atomic E-state index is 6.53. The molecule has 28 heavy (non-hydrogen) atoms. The highest BCUT2D eigenvalue weighted by atomic mass is 16.5. The maximum absolute atomic E-state index is 6.53. The quantitative estimate of drug-likeness (QED) is 0.649. The molecular weight excluding hydrogens is 348 g/mol. The highest BCUT2D eigenvalue weighted by Gasteiger charge is 2.37. The van der Waals surface area contributed by atoms with Crippen molar-refractivity contribution in [3.63, 3.8) is 0 Å². The van der Waals surface area contributed by atoms with Crippen molar-refractivity contribution in [2.24, 2.45) is 11.5 Å². The molecule has 0 aromatic heterocycles. The molecular formula is C24H22N2O2. The predicted octanol–water partition coefficient (Wildman–Crippen LogP) is 4.49. The van der Waals surface area contributed by atoms with Crippen molar-refractivity contribution in [3.05, 3.63) is 109 Å². The van der Waals surface area contributed by atoms with Crippen LogP contribution in [0, 0.1) is 0 Å². The molecule has 2 unspecified atom stereocenters. The molecule has 2 atom stereocenters. The summed E-state index contributed by atoms with van der Waals surface area (Å²) in [6.07, 6.45) is 5.64. The molecule has 4 rings (SSSR count). The zero-order valence-electron chi connectivity index (χ0n) is 15.4. The molecule has 0 saturated carbocycles. The van der Waals surface area contributed by atoms with E-state index in [9.17, 15) is 0 Å². The van der Waals surface area contributed by atoms with Gasteiger partial charge in [-0.25, -0.2) is 0 Å². The van der Waals surface area contributed by atoms with E-state index >= 15 is 0 Å². The molecule has 1 aliphatic rings. The van der Waals surface area contributed by atoms with Crippen LogP contribution in [0.15, 0.2) is 103 Å². The fraction of sp³-hybridized carbons (Fsp3) is 0.0833. The maximum Gasteiger partial charge on any atom is 0.197 e. The van der Waals surface area contributed by atoms with E-state index in [2.05, 4.69) is 0 Å². The third-order valence-electron chi connectivity index (χ3n) is 4.64. The lowest BCUT2D eigenvalue weighted by Crippen LogP contribution is -2.59. The van der Waals surface area contributed by atoms with Crippen LogP contribution in [-0.4, -0.2) is 11.8 Å². The first-order chi connectivity index (χ1) is 13.6. The van der Waals surface area contributed by atoms with E-state index in [1.807, 2.05) is 97.1 Å². The minimum atomic E-state index is -1.14. The SMILES string of the molecule is NC1C(c2cccc(Oc3ccccc3)c2)=CC=CC1(N)Oc1ccccc1. The van der Waals surface area contributed by atoms with Crippen LogP contribution >= 0.6 is 0 Å². The predicted molar refractivity (Wildman–Crippen MR) is 112 cm³/mol. The van der Waals surface area contributed by atoms with Crippen LogP contribution in [0.5, 0.6) is 17.2 Å². The number of ether oxygens (including phenoxy) is 2. The summed E-state index contributed by atoms with van der Waals surface area (Å²) in [5.74, 6) is 2.19. The third-order valence-corrected chi connectivity index (χ3v) is 4.64. The fourth-order valence-electron chi connectivity index (χ4n) is 3.18. The molecule has 0 heterocycles. The molecule has 0 radical (unpaired) electrons. The number of hydrogen-bond acceptors (Lipinski definition) is 4. The Kier molecular flexibility index (Phi) is 4.98. The van der Waals surface area contributed by atoms with Gasteiger partial charge < -0.3 is 15.2 Å². The number of para-hydroxylation sites is 2. The zero-order chi connectivity index (χ0) is 19.4. The van der Waals surface area contributed by atoms with Gasteiger partial charge in [-0.1, -0.05) is 60.7 Å². The average molecular weight is 370 g/mol. The molecule has 0 fully saturated rings. The molecule has 0 saturated heterocycles. The summed E-state index contributed by atoms with van der Waals surface area (Å²) in [6.45, 7) is 0.